The van der Waals surface area contributed by atoms with Gasteiger partial charge < -0.3 is 28.6 Å². The van der Waals surface area contributed by atoms with Crippen molar-refractivity contribution in [3.63, 3.8) is 0 Å². The van der Waals surface area contributed by atoms with Crippen molar-refractivity contribution in [3.05, 3.63) is 64.4 Å². The lowest BCUT2D eigenvalue weighted by molar-refractivity contribution is -0.136. The molecule has 0 radical (unpaired) electrons. The average molecular weight is 510 g/mol. The van der Waals surface area contributed by atoms with Crippen molar-refractivity contribution in [1.82, 2.24) is 4.90 Å². The molecule has 37 heavy (non-hydrogen) atoms. The first-order valence-electron chi connectivity index (χ1n) is 12.3. The Balaban J connectivity index is 1.92. The molecule has 1 heterocycles. The van der Waals surface area contributed by atoms with Crippen LogP contribution in [0.2, 0.25) is 0 Å². The highest BCUT2D eigenvalue weighted by molar-refractivity contribution is 6.16. The van der Waals surface area contributed by atoms with Gasteiger partial charge in [-0.1, -0.05) is 19.1 Å². The molecule has 0 atom stereocenters. The van der Waals surface area contributed by atoms with Crippen molar-refractivity contribution in [2.75, 3.05) is 41.1 Å². The van der Waals surface area contributed by atoms with Crippen molar-refractivity contribution < 1.29 is 33.3 Å². The molecular formula is C29H35NO7. The maximum absolute atomic E-state index is 13.5. The molecule has 0 bridgehead atoms. The minimum absolute atomic E-state index is 0.254. The largest absolute Gasteiger partial charge is 0.493 e. The molecule has 1 aliphatic heterocycles. The molecule has 0 unspecified atom stereocenters. The zero-order chi connectivity index (χ0) is 26.9. The number of hydrogen-bond acceptors (Lipinski definition) is 7. The molecule has 0 aromatic heterocycles. The summed E-state index contributed by atoms with van der Waals surface area (Å²) in [4.78, 5) is 27.8. The van der Waals surface area contributed by atoms with Gasteiger partial charge in [0.1, 0.15) is 0 Å². The fourth-order valence-corrected chi connectivity index (χ4v) is 4.16. The Hall–Kier alpha value is -3.94. The zero-order valence-electron chi connectivity index (χ0n) is 22.4. The first kappa shape index (κ1) is 27.6. The second-order valence-corrected chi connectivity index (χ2v) is 8.39. The number of hydrogen-bond donors (Lipinski definition) is 0. The fraction of sp³-hybridized carbons (Fsp3) is 0.379. The van der Waals surface area contributed by atoms with Gasteiger partial charge >= 0.3 is 5.97 Å². The molecule has 1 amide bonds. The molecular weight excluding hydrogens is 474 g/mol. The minimum atomic E-state index is -0.557. The third-order valence-electron chi connectivity index (χ3n) is 6.01. The van der Waals surface area contributed by atoms with E-state index in [4.69, 9.17) is 23.7 Å². The van der Waals surface area contributed by atoms with Gasteiger partial charge in [-0.3, -0.25) is 4.79 Å². The van der Waals surface area contributed by atoms with Gasteiger partial charge in [0.15, 0.2) is 23.0 Å². The number of ether oxygens (including phenoxy) is 5. The van der Waals surface area contributed by atoms with Crippen LogP contribution in [0.15, 0.2) is 53.2 Å². The number of amides is 1. The molecule has 2 aromatic carbocycles. The van der Waals surface area contributed by atoms with E-state index in [2.05, 4.69) is 0 Å². The van der Waals surface area contributed by atoms with Gasteiger partial charge in [0.05, 0.1) is 45.7 Å². The van der Waals surface area contributed by atoms with E-state index in [1.165, 1.54) is 7.11 Å². The van der Waals surface area contributed by atoms with E-state index in [-0.39, 0.29) is 17.1 Å². The molecule has 0 saturated carbocycles. The normalized spacial score (nSPS) is 14.3. The lowest BCUT2D eigenvalue weighted by atomic mass is 10.0. The van der Waals surface area contributed by atoms with Gasteiger partial charge in [-0.15, -0.1) is 0 Å². The van der Waals surface area contributed by atoms with Gasteiger partial charge in [-0.2, -0.15) is 0 Å². The van der Waals surface area contributed by atoms with Gasteiger partial charge in [-0.25, -0.2) is 4.79 Å². The number of allylic oxidation sites excluding steroid dienone is 1. The maximum Gasteiger partial charge on any atom is 0.340 e. The topological polar surface area (TPSA) is 83.5 Å². The summed E-state index contributed by atoms with van der Waals surface area (Å²) in [5.41, 5.74) is 2.77. The predicted octanol–water partition coefficient (Wildman–Crippen LogP) is 4.81. The van der Waals surface area contributed by atoms with E-state index >= 15 is 0 Å². The number of methoxy groups -OCH3 is 3. The first-order valence-corrected chi connectivity index (χ1v) is 12.3. The SMILES string of the molecule is CCCOc1ccc(/C=C2\C(=O)N(CCc3ccc(OC)c(OC)c3)C(C)=C2C(=O)OC)cc1OCC. The summed E-state index contributed by atoms with van der Waals surface area (Å²) < 4.78 is 27.3. The number of rotatable bonds is 12. The van der Waals surface area contributed by atoms with Crippen LogP contribution in [0, 0.1) is 0 Å². The maximum atomic E-state index is 13.5. The smallest absolute Gasteiger partial charge is 0.340 e. The van der Waals surface area contributed by atoms with Gasteiger partial charge in [0, 0.05) is 12.2 Å². The average Bonchev–Trinajstić information content (AvgIpc) is 3.14. The van der Waals surface area contributed by atoms with Crippen molar-refractivity contribution in [2.45, 2.75) is 33.6 Å². The van der Waals surface area contributed by atoms with E-state index < -0.39 is 5.97 Å². The number of benzene rings is 2. The van der Waals surface area contributed by atoms with Crippen LogP contribution in [-0.4, -0.2) is 57.9 Å². The van der Waals surface area contributed by atoms with Crippen LogP contribution in [0.25, 0.3) is 6.08 Å². The number of nitrogens with zero attached hydrogens (tertiary/aromatic N) is 1. The van der Waals surface area contributed by atoms with Crippen molar-refractivity contribution >= 4 is 18.0 Å². The minimum Gasteiger partial charge on any atom is -0.493 e. The summed E-state index contributed by atoms with van der Waals surface area (Å²) >= 11 is 0. The van der Waals surface area contributed by atoms with E-state index in [1.807, 2.05) is 50.2 Å². The zero-order valence-corrected chi connectivity index (χ0v) is 22.4. The highest BCUT2D eigenvalue weighted by Crippen LogP contribution is 2.35. The van der Waals surface area contributed by atoms with Crippen LogP contribution in [-0.2, 0) is 20.7 Å². The summed E-state index contributed by atoms with van der Waals surface area (Å²) in [5, 5.41) is 0. The molecule has 8 heteroatoms. The molecule has 0 saturated heterocycles. The quantitative estimate of drug-likeness (QED) is 0.300. The Kier molecular flexibility index (Phi) is 9.60. The Bertz CT molecular complexity index is 1200. The van der Waals surface area contributed by atoms with Crippen LogP contribution >= 0.6 is 0 Å². The monoisotopic (exact) mass is 509 g/mol. The number of carbonyl (C=O) groups is 2. The molecule has 1 aliphatic rings. The molecule has 2 aromatic rings. The molecule has 0 aliphatic carbocycles. The molecule has 8 nitrogen and oxygen atoms in total. The predicted molar refractivity (Wildman–Crippen MR) is 141 cm³/mol. The van der Waals surface area contributed by atoms with E-state index in [9.17, 15) is 9.59 Å². The summed E-state index contributed by atoms with van der Waals surface area (Å²) in [6.45, 7) is 7.11. The fourth-order valence-electron chi connectivity index (χ4n) is 4.16. The Morgan fingerprint density at radius 2 is 1.65 bits per heavy atom. The van der Waals surface area contributed by atoms with Gasteiger partial charge in [0.25, 0.3) is 5.91 Å². The Morgan fingerprint density at radius 1 is 0.919 bits per heavy atom. The van der Waals surface area contributed by atoms with E-state index in [1.54, 1.807) is 32.1 Å². The summed E-state index contributed by atoms with van der Waals surface area (Å²) in [6.07, 6.45) is 3.13. The van der Waals surface area contributed by atoms with E-state index in [0.29, 0.717) is 60.4 Å². The van der Waals surface area contributed by atoms with Gasteiger partial charge in [-0.05, 0) is 68.2 Å². The molecule has 0 fully saturated rings. The van der Waals surface area contributed by atoms with Crippen LogP contribution in [0.1, 0.15) is 38.3 Å². The molecule has 198 valence electrons. The van der Waals surface area contributed by atoms with Crippen molar-refractivity contribution in [3.8, 4) is 23.0 Å². The molecule has 0 N–H and O–H groups in total. The first-order chi connectivity index (χ1) is 17.9. The molecule has 0 spiro atoms. The highest BCUT2D eigenvalue weighted by atomic mass is 16.5. The lowest BCUT2D eigenvalue weighted by Crippen LogP contribution is -2.27. The summed E-state index contributed by atoms with van der Waals surface area (Å²) in [6, 6.07) is 11.1. The van der Waals surface area contributed by atoms with Crippen molar-refractivity contribution in [1.29, 1.82) is 0 Å². The van der Waals surface area contributed by atoms with Gasteiger partial charge in [0.2, 0.25) is 0 Å². The third-order valence-corrected chi connectivity index (χ3v) is 6.01. The third kappa shape index (κ3) is 6.25. The standard InChI is InChI=1S/C29H35NO7/c1-7-15-37-24-12-10-21(18-26(24)36-8-2)16-22-27(29(32)35-6)19(3)30(28(22)31)14-13-20-9-11-23(33-4)25(17-20)34-5/h9-12,16-18H,7-8,13-15H2,1-6H3/b22-16-. The lowest BCUT2D eigenvalue weighted by Gasteiger charge is -2.18. The Labute approximate surface area is 218 Å². The number of esters is 1. The second-order valence-electron chi connectivity index (χ2n) is 8.39. The summed E-state index contributed by atoms with van der Waals surface area (Å²) in [7, 11) is 4.47. The van der Waals surface area contributed by atoms with Crippen LogP contribution in [0.3, 0.4) is 0 Å². The summed E-state index contributed by atoms with van der Waals surface area (Å²) in [5.74, 6) is 1.66. The van der Waals surface area contributed by atoms with Crippen LogP contribution < -0.4 is 18.9 Å². The van der Waals surface area contributed by atoms with E-state index in [0.717, 1.165) is 12.0 Å². The molecule has 3 rings (SSSR count). The Morgan fingerprint density at radius 3 is 2.30 bits per heavy atom. The second kappa shape index (κ2) is 12.9. The van der Waals surface area contributed by atoms with Crippen LogP contribution in [0.4, 0.5) is 0 Å². The van der Waals surface area contributed by atoms with Crippen LogP contribution in [0.5, 0.6) is 23.0 Å². The number of carbonyl (C=O) groups excluding carboxylic acids is 2. The van der Waals surface area contributed by atoms with Crippen molar-refractivity contribution in [2.24, 2.45) is 0 Å². The highest BCUT2D eigenvalue weighted by Gasteiger charge is 2.36.